The monoisotopic (exact) mass is 285 g/mol. The number of amides is 1. The average Bonchev–Trinajstić information content (AvgIpc) is 2.24. The van der Waals surface area contributed by atoms with E-state index in [0.29, 0.717) is 13.1 Å². The molecule has 0 unspecified atom stereocenters. The van der Waals surface area contributed by atoms with Crippen molar-refractivity contribution in [3.63, 3.8) is 0 Å². The number of benzene rings is 1. The Hall–Kier alpha value is -1.85. The van der Waals surface area contributed by atoms with E-state index in [-0.39, 0.29) is 11.9 Å². The summed E-state index contributed by atoms with van der Waals surface area (Å²) in [6.07, 6.45) is -0.782. The molecule has 110 valence electrons. The van der Waals surface area contributed by atoms with Crippen LogP contribution in [0.5, 0.6) is 5.75 Å². The van der Waals surface area contributed by atoms with E-state index in [4.69, 9.17) is 9.47 Å². The molecule has 0 spiro atoms. The molecule has 0 saturated carbocycles. The van der Waals surface area contributed by atoms with Crippen molar-refractivity contribution < 1.29 is 23.0 Å². The maximum atomic E-state index is 13.4. The van der Waals surface area contributed by atoms with Crippen molar-refractivity contribution in [3.05, 3.63) is 29.8 Å². The van der Waals surface area contributed by atoms with Crippen molar-refractivity contribution in [2.45, 2.75) is 32.5 Å². The maximum Gasteiger partial charge on any atom is 0.410 e. The van der Waals surface area contributed by atoms with Crippen LogP contribution in [-0.4, -0.2) is 35.8 Å². The lowest BCUT2D eigenvalue weighted by Crippen LogP contribution is -2.57. The Balaban J connectivity index is 1.85. The van der Waals surface area contributed by atoms with E-state index in [9.17, 15) is 13.6 Å². The SMILES string of the molecule is CC(C)(C)OC(=O)N1CC(Oc2cc(F)ccc2F)C1. The quantitative estimate of drug-likeness (QED) is 0.838. The summed E-state index contributed by atoms with van der Waals surface area (Å²) >= 11 is 0. The van der Waals surface area contributed by atoms with Gasteiger partial charge in [0.15, 0.2) is 11.6 Å². The topological polar surface area (TPSA) is 38.8 Å². The summed E-state index contributed by atoms with van der Waals surface area (Å²) < 4.78 is 36.8. The third-order valence-electron chi connectivity index (χ3n) is 2.69. The van der Waals surface area contributed by atoms with Gasteiger partial charge in [0, 0.05) is 6.07 Å². The minimum absolute atomic E-state index is 0.140. The number of carbonyl (C=O) groups excluding carboxylic acids is 1. The Kier molecular flexibility index (Phi) is 3.83. The lowest BCUT2D eigenvalue weighted by molar-refractivity contribution is -0.0230. The second kappa shape index (κ2) is 5.26. The first-order valence-electron chi connectivity index (χ1n) is 6.34. The zero-order chi connectivity index (χ0) is 14.9. The molecule has 2 rings (SSSR count). The molecule has 0 aliphatic carbocycles. The number of rotatable bonds is 2. The fraction of sp³-hybridized carbons (Fsp3) is 0.500. The lowest BCUT2D eigenvalue weighted by atomic mass is 10.1. The molecule has 6 heteroatoms. The number of nitrogens with zero attached hydrogens (tertiary/aromatic N) is 1. The number of hydrogen-bond acceptors (Lipinski definition) is 3. The first-order chi connectivity index (χ1) is 9.24. The Morgan fingerprint density at radius 3 is 2.55 bits per heavy atom. The zero-order valence-electron chi connectivity index (χ0n) is 11.7. The second-order valence-corrected chi connectivity index (χ2v) is 5.70. The molecule has 4 nitrogen and oxygen atoms in total. The molecule has 1 aromatic rings. The third kappa shape index (κ3) is 3.59. The van der Waals surface area contributed by atoms with E-state index in [1.54, 1.807) is 20.8 Å². The molecule has 1 fully saturated rings. The Morgan fingerprint density at radius 1 is 1.30 bits per heavy atom. The van der Waals surface area contributed by atoms with Gasteiger partial charge in [-0.3, -0.25) is 0 Å². The van der Waals surface area contributed by atoms with Crippen LogP contribution in [0.3, 0.4) is 0 Å². The van der Waals surface area contributed by atoms with Crippen molar-refractivity contribution in [2.24, 2.45) is 0 Å². The fourth-order valence-corrected chi connectivity index (χ4v) is 1.74. The largest absolute Gasteiger partial charge is 0.484 e. The summed E-state index contributed by atoms with van der Waals surface area (Å²) in [5.74, 6) is -1.33. The number of ether oxygens (including phenoxy) is 2. The molecule has 1 aromatic carbocycles. The van der Waals surface area contributed by atoms with E-state index in [1.807, 2.05) is 0 Å². The molecule has 1 aliphatic rings. The molecule has 0 N–H and O–H groups in total. The summed E-state index contributed by atoms with van der Waals surface area (Å²) in [4.78, 5) is 13.1. The van der Waals surface area contributed by atoms with Gasteiger partial charge in [0.05, 0.1) is 13.1 Å². The summed E-state index contributed by atoms with van der Waals surface area (Å²) in [5.41, 5.74) is -0.558. The van der Waals surface area contributed by atoms with E-state index >= 15 is 0 Å². The number of carbonyl (C=O) groups is 1. The molecule has 20 heavy (non-hydrogen) atoms. The van der Waals surface area contributed by atoms with Crippen LogP contribution >= 0.6 is 0 Å². The van der Waals surface area contributed by atoms with Gasteiger partial charge in [-0.1, -0.05) is 0 Å². The van der Waals surface area contributed by atoms with Gasteiger partial charge >= 0.3 is 6.09 Å². The van der Waals surface area contributed by atoms with E-state index in [0.717, 1.165) is 18.2 Å². The van der Waals surface area contributed by atoms with Gasteiger partial charge < -0.3 is 14.4 Å². The highest BCUT2D eigenvalue weighted by atomic mass is 19.1. The van der Waals surface area contributed by atoms with E-state index < -0.39 is 23.3 Å². The third-order valence-corrected chi connectivity index (χ3v) is 2.69. The first kappa shape index (κ1) is 14.6. The summed E-state index contributed by atoms with van der Waals surface area (Å²) in [5, 5.41) is 0. The molecule has 1 saturated heterocycles. The van der Waals surface area contributed by atoms with Crippen LogP contribution < -0.4 is 4.74 Å². The van der Waals surface area contributed by atoms with Crippen molar-refractivity contribution in [1.29, 1.82) is 0 Å². The van der Waals surface area contributed by atoms with Crippen LogP contribution in [0, 0.1) is 11.6 Å². The van der Waals surface area contributed by atoms with Gasteiger partial charge in [-0.05, 0) is 32.9 Å². The van der Waals surface area contributed by atoms with Crippen LogP contribution in [0.15, 0.2) is 18.2 Å². The van der Waals surface area contributed by atoms with Crippen LogP contribution in [0.1, 0.15) is 20.8 Å². The number of halogens is 2. The minimum Gasteiger partial charge on any atom is -0.484 e. The highest BCUT2D eigenvalue weighted by Crippen LogP contribution is 2.23. The normalized spacial score (nSPS) is 15.8. The van der Waals surface area contributed by atoms with Gasteiger partial charge in [0.25, 0.3) is 0 Å². The van der Waals surface area contributed by atoms with Gasteiger partial charge in [-0.15, -0.1) is 0 Å². The maximum absolute atomic E-state index is 13.4. The van der Waals surface area contributed by atoms with Crippen molar-refractivity contribution in [2.75, 3.05) is 13.1 Å². The van der Waals surface area contributed by atoms with Crippen LogP contribution in [0.25, 0.3) is 0 Å². The minimum atomic E-state index is -0.623. The van der Waals surface area contributed by atoms with Gasteiger partial charge in [0.1, 0.15) is 17.5 Å². The number of likely N-dealkylation sites (tertiary alicyclic amines) is 1. The van der Waals surface area contributed by atoms with Crippen molar-refractivity contribution in [1.82, 2.24) is 4.90 Å². The summed E-state index contributed by atoms with van der Waals surface area (Å²) in [7, 11) is 0. The predicted octanol–water partition coefficient (Wildman–Crippen LogP) is 2.96. The van der Waals surface area contributed by atoms with E-state index in [2.05, 4.69) is 0 Å². The first-order valence-corrected chi connectivity index (χ1v) is 6.34. The average molecular weight is 285 g/mol. The Morgan fingerprint density at radius 2 is 1.95 bits per heavy atom. The molecule has 1 amide bonds. The highest BCUT2D eigenvalue weighted by molar-refractivity contribution is 5.69. The molecule has 1 heterocycles. The Bertz CT molecular complexity index is 508. The smallest absolute Gasteiger partial charge is 0.410 e. The molecular weight excluding hydrogens is 268 g/mol. The fourth-order valence-electron chi connectivity index (χ4n) is 1.74. The standard InChI is InChI=1S/C14H17F2NO3/c1-14(2,3)20-13(18)17-7-10(8-17)19-12-6-9(15)4-5-11(12)16/h4-6,10H,7-8H2,1-3H3. The molecule has 0 bridgehead atoms. The highest BCUT2D eigenvalue weighted by Gasteiger charge is 2.35. The van der Waals surface area contributed by atoms with Gasteiger partial charge in [-0.2, -0.15) is 0 Å². The Labute approximate surface area is 116 Å². The molecular formula is C14H17F2NO3. The van der Waals surface area contributed by atoms with Crippen molar-refractivity contribution in [3.8, 4) is 5.75 Å². The lowest BCUT2D eigenvalue weighted by Gasteiger charge is -2.39. The van der Waals surface area contributed by atoms with Gasteiger partial charge in [-0.25, -0.2) is 13.6 Å². The zero-order valence-corrected chi connectivity index (χ0v) is 11.7. The number of hydrogen-bond donors (Lipinski definition) is 0. The van der Waals surface area contributed by atoms with Crippen molar-refractivity contribution >= 4 is 6.09 Å². The predicted molar refractivity (Wildman–Crippen MR) is 68.6 cm³/mol. The van der Waals surface area contributed by atoms with Crippen LogP contribution in [0.2, 0.25) is 0 Å². The molecule has 1 aliphatic heterocycles. The molecule has 0 aromatic heterocycles. The molecule has 0 radical (unpaired) electrons. The van der Waals surface area contributed by atoms with Gasteiger partial charge in [0.2, 0.25) is 0 Å². The summed E-state index contributed by atoms with van der Waals surface area (Å²) in [6.45, 7) is 5.93. The molecule has 0 atom stereocenters. The van der Waals surface area contributed by atoms with Crippen LogP contribution in [0.4, 0.5) is 13.6 Å². The summed E-state index contributed by atoms with van der Waals surface area (Å²) in [6, 6.07) is 3.02. The van der Waals surface area contributed by atoms with Crippen LogP contribution in [-0.2, 0) is 4.74 Å². The van der Waals surface area contributed by atoms with E-state index in [1.165, 1.54) is 4.90 Å². The second-order valence-electron chi connectivity index (χ2n) is 5.70.